The van der Waals surface area contributed by atoms with Crippen molar-refractivity contribution >= 4 is 17.9 Å². The van der Waals surface area contributed by atoms with Gasteiger partial charge in [-0.1, -0.05) is 331 Å². The molecule has 0 aromatic heterocycles. The van der Waals surface area contributed by atoms with Gasteiger partial charge >= 0.3 is 17.9 Å². The van der Waals surface area contributed by atoms with Crippen molar-refractivity contribution in [2.24, 2.45) is 0 Å². The van der Waals surface area contributed by atoms with E-state index in [2.05, 4.69) is 106 Å². The summed E-state index contributed by atoms with van der Waals surface area (Å²) >= 11 is 0. The maximum atomic E-state index is 12.9. The molecule has 6 nitrogen and oxygen atoms in total. The molecule has 6 heteroatoms. The summed E-state index contributed by atoms with van der Waals surface area (Å²) in [5.41, 5.74) is 0. The van der Waals surface area contributed by atoms with Crippen LogP contribution in [-0.2, 0) is 28.6 Å². The van der Waals surface area contributed by atoms with E-state index in [4.69, 9.17) is 14.2 Å². The molecule has 0 radical (unpaired) electrons. The van der Waals surface area contributed by atoms with Crippen molar-refractivity contribution in [1.82, 2.24) is 0 Å². The fourth-order valence-corrected chi connectivity index (χ4v) is 10.3. The fourth-order valence-electron chi connectivity index (χ4n) is 10.3. The van der Waals surface area contributed by atoms with Crippen LogP contribution in [0.2, 0.25) is 0 Å². The predicted octanol–water partition coefficient (Wildman–Crippen LogP) is 24.6. The Morgan fingerprint density at radius 1 is 0.256 bits per heavy atom. The molecule has 1 unspecified atom stereocenters. The molecule has 0 saturated carbocycles. The monoisotopic (exact) mass is 1140 g/mol. The zero-order chi connectivity index (χ0) is 59.2. The largest absolute Gasteiger partial charge is 0.462 e. The molecule has 0 aromatic carbocycles. The second kappa shape index (κ2) is 70.1. The molecule has 0 rings (SSSR count). The Hall–Kier alpha value is -3.41. The first-order chi connectivity index (χ1) is 40.5. The minimum absolute atomic E-state index is 0.0864. The van der Waals surface area contributed by atoms with Crippen molar-refractivity contribution in [3.05, 3.63) is 85.1 Å². The molecule has 474 valence electrons. The Kier molecular flexibility index (Phi) is 67.2. The molecule has 0 amide bonds. The van der Waals surface area contributed by atoms with Gasteiger partial charge in [0, 0.05) is 19.3 Å². The van der Waals surface area contributed by atoms with Crippen LogP contribution in [0.15, 0.2) is 85.1 Å². The first kappa shape index (κ1) is 78.6. The van der Waals surface area contributed by atoms with E-state index in [0.29, 0.717) is 19.3 Å². The number of allylic oxidation sites excluding steroid dienone is 14. The van der Waals surface area contributed by atoms with Gasteiger partial charge in [0.05, 0.1) is 0 Å². The first-order valence-corrected chi connectivity index (χ1v) is 35.6. The van der Waals surface area contributed by atoms with Crippen LogP contribution in [0, 0.1) is 0 Å². The lowest BCUT2D eigenvalue weighted by atomic mass is 10.0. The predicted molar refractivity (Wildman–Crippen MR) is 358 cm³/mol. The topological polar surface area (TPSA) is 78.9 Å². The summed E-state index contributed by atoms with van der Waals surface area (Å²) in [5, 5.41) is 0. The van der Waals surface area contributed by atoms with E-state index < -0.39 is 6.10 Å². The molecule has 1 atom stereocenters. The minimum Gasteiger partial charge on any atom is -0.462 e. The lowest BCUT2D eigenvalue weighted by molar-refractivity contribution is -0.167. The van der Waals surface area contributed by atoms with Gasteiger partial charge in [-0.25, -0.2) is 0 Å². The van der Waals surface area contributed by atoms with Gasteiger partial charge in [0.25, 0.3) is 0 Å². The number of carbonyl (C=O) groups excluding carboxylic acids is 3. The third-order valence-electron chi connectivity index (χ3n) is 15.6. The Morgan fingerprint density at radius 3 is 0.768 bits per heavy atom. The van der Waals surface area contributed by atoms with Gasteiger partial charge in [0.2, 0.25) is 0 Å². The number of unbranched alkanes of at least 4 members (excludes halogenated alkanes) is 40. The van der Waals surface area contributed by atoms with E-state index in [1.807, 2.05) is 0 Å². The molecule has 0 aromatic rings. The highest BCUT2D eigenvalue weighted by atomic mass is 16.6. The third-order valence-corrected chi connectivity index (χ3v) is 15.6. The van der Waals surface area contributed by atoms with Gasteiger partial charge in [0.1, 0.15) is 13.2 Å². The van der Waals surface area contributed by atoms with Gasteiger partial charge in [-0.15, -0.1) is 0 Å². The number of ether oxygens (including phenoxy) is 3. The van der Waals surface area contributed by atoms with Crippen molar-refractivity contribution in [3.8, 4) is 0 Å². The third kappa shape index (κ3) is 67.4. The number of hydrogen-bond donors (Lipinski definition) is 0. The molecule has 0 fully saturated rings. The normalized spacial score (nSPS) is 12.6. The van der Waals surface area contributed by atoms with Gasteiger partial charge in [-0.2, -0.15) is 0 Å². The van der Waals surface area contributed by atoms with E-state index in [1.54, 1.807) is 0 Å². The second-order valence-electron chi connectivity index (χ2n) is 23.8. The maximum Gasteiger partial charge on any atom is 0.306 e. The molecule has 0 spiro atoms. The molecule has 0 bridgehead atoms. The Bertz CT molecular complexity index is 1550. The van der Waals surface area contributed by atoms with Crippen molar-refractivity contribution in [2.45, 2.75) is 367 Å². The van der Waals surface area contributed by atoms with Crippen LogP contribution >= 0.6 is 0 Å². The number of rotatable bonds is 65. The maximum absolute atomic E-state index is 12.9. The highest BCUT2D eigenvalue weighted by molar-refractivity contribution is 5.71. The van der Waals surface area contributed by atoms with Crippen LogP contribution in [0.25, 0.3) is 0 Å². The van der Waals surface area contributed by atoms with E-state index in [1.165, 1.54) is 193 Å². The zero-order valence-corrected chi connectivity index (χ0v) is 54.5. The Balaban J connectivity index is 4.30. The summed E-state index contributed by atoms with van der Waals surface area (Å²) in [6.45, 7) is 6.52. The summed E-state index contributed by atoms with van der Waals surface area (Å²) in [6, 6.07) is 0. The van der Waals surface area contributed by atoms with Gasteiger partial charge in [-0.3, -0.25) is 14.4 Å². The summed E-state index contributed by atoms with van der Waals surface area (Å²) in [7, 11) is 0. The molecular weight excluding hydrogens is 1010 g/mol. The zero-order valence-electron chi connectivity index (χ0n) is 54.5. The van der Waals surface area contributed by atoms with Crippen molar-refractivity contribution < 1.29 is 28.6 Å². The average molecular weight is 1140 g/mol. The van der Waals surface area contributed by atoms with Crippen LogP contribution in [0.4, 0.5) is 0 Å². The van der Waals surface area contributed by atoms with Crippen LogP contribution in [0.3, 0.4) is 0 Å². The summed E-state index contributed by atoms with van der Waals surface area (Å²) in [6.07, 6.45) is 93.3. The van der Waals surface area contributed by atoms with Gasteiger partial charge < -0.3 is 14.2 Å². The quantitative estimate of drug-likeness (QED) is 0.0261. The van der Waals surface area contributed by atoms with Crippen molar-refractivity contribution in [1.29, 1.82) is 0 Å². The van der Waals surface area contributed by atoms with Crippen molar-refractivity contribution in [3.63, 3.8) is 0 Å². The standard InChI is InChI=1S/C76H134O6/c1-4-7-10-13-16-19-22-25-28-30-32-34-35-36-37-38-39-40-42-43-45-48-51-54-57-60-63-66-69-75(78)81-72-73(71-80-74(77)68-65-62-59-56-53-50-47-27-24-21-18-15-12-9-6-3)82-76(79)70-67-64-61-58-55-52-49-46-44-41-33-31-29-26-23-20-17-14-11-8-5-2/h8,11,17-18,20-21,26-27,29,33,41,46-47,49,73H,4-7,9-10,12-16,19,22-25,28,30-32,34-40,42-45,48,50-72H2,1-3H3/b11-8-,20-17-,21-18-,29-26-,41-33-,47-27-,49-46-. The van der Waals surface area contributed by atoms with Crippen LogP contribution in [-0.4, -0.2) is 37.2 Å². The lowest BCUT2D eigenvalue weighted by Gasteiger charge is -2.18. The summed E-state index contributed by atoms with van der Waals surface area (Å²) in [5.74, 6) is -0.902. The van der Waals surface area contributed by atoms with Crippen LogP contribution in [0.5, 0.6) is 0 Å². The Labute approximate surface area is 509 Å². The highest BCUT2D eigenvalue weighted by Crippen LogP contribution is 2.18. The molecule has 0 aliphatic carbocycles. The Morgan fingerprint density at radius 2 is 0.476 bits per heavy atom. The summed E-state index contributed by atoms with van der Waals surface area (Å²) in [4.78, 5) is 38.4. The summed E-state index contributed by atoms with van der Waals surface area (Å²) < 4.78 is 17.0. The molecule has 0 aliphatic heterocycles. The number of esters is 3. The minimum atomic E-state index is -0.794. The van der Waals surface area contributed by atoms with E-state index >= 15 is 0 Å². The molecule has 0 N–H and O–H groups in total. The smallest absolute Gasteiger partial charge is 0.306 e. The molecule has 0 saturated heterocycles. The number of carbonyl (C=O) groups is 3. The van der Waals surface area contributed by atoms with Crippen molar-refractivity contribution in [2.75, 3.05) is 13.2 Å². The molecular formula is C76H134O6. The lowest BCUT2D eigenvalue weighted by Crippen LogP contribution is -2.30. The first-order valence-electron chi connectivity index (χ1n) is 35.6. The van der Waals surface area contributed by atoms with Gasteiger partial charge in [-0.05, 0) is 96.3 Å². The van der Waals surface area contributed by atoms with E-state index in [-0.39, 0.29) is 31.1 Å². The average Bonchev–Trinajstić information content (AvgIpc) is 3.47. The highest BCUT2D eigenvalue weighted by Gasteiger charge is 2.19. The second-order valence-corrected chi connectivity index (χ2v) is 23.8. The van der Waals surface area contributed by atoms with Crippen LogP contribution in [0.1, 0.15) is 361 Å². The molecule has 82 heavy (non-hydrogen) atoms. The molecule has 0 aliphatic rings. The van der Waals surface area contributed by atoms with E-state index in [0.717, 1.165) is 128 Å². The van der Waals surface area contributed by atoms with Gasteiger partial charge in [0.15, 0.2) is 6.10 Å². The van der Waals surface area contributed by atoms with E-state index in [9.17, 15) is 14.4 Å². The fraction of sp³-hybridized carbons (Fsp3) is 0.776. The molecule has 0 heterocycles. The number of hydrogen-bond acceptors (Lipinski definition) is 6. The van der Waals surface area contributed by atoms with Crippen LogP contribution < -0.4 is 0 Å². The SMILES string of the molecule is CC/C=C\C/C=C\C/C=C\C/C=C\C/C=C\CCCCCCCC(=O)OC(COC(=O)CCCCCCC/C=C\C/C=C\CCCCC)COC(=O)CCCCCCCCCCCCCCCCCCCCCCCCCCCCCC.